The average Bonchev–Trinajstić information content (AvgIpc) is 2.38. The number of aliphatic hydroxyl groups excluding tert-OH is 1. The van der Waals surface area contributed by atoms with Gasteiger partial charge in [0, 0.05) is 0 Å². The number of hydrogen-bond donors (Lipinski definition) is 3. The van der Waals surface area contributed by atoms with E-state index in [1.54, 1.807) is 13.0 Å². The average molecular weight is 254 g/mol. The highest BCUT2D eigenvalue weighted by Gasteiger charge is 2.18. The molecule has 1 rings (SSSR count). The second kappa shape index (κ2) is 6.70. The van der Waals surface area contributed by atoms with Crippen LogP contribution in [0.5, 0.6) is 0 Å². The third kappa shape index (κ3) is 3.81. The molecule has 2 amide bonds. The number of para-hydroxylation sites is 1. The summed E-state index contributed by atoms with van der Waals surface area (Å²) in [4.78, 5) is 22.9. The summed E-state index contributed by atoms with van der Waals surface area (Å²) in [7, 11) is 0. The Morgan fingerprint density at radius 1 is 1.33 bits per heavy atom. The van der Waals surface area contributed by atoms with E-state index in [0.717, 1.165) is 0 Å². The zero-order valence-electron chi connectivity index (χ0n) is 9.94. The molecule has 0 radical (unpaired) electrons. The van der Waals surface area contributed by atoms with Crippen LogP contribution >= 0.6 is 0 Å². The molecule has 0 aromatic heterocycles. The number of halogens is 1. The highest BCUT2D eigenvalue weighted by Crippen LogP contribution is 2.11. The minimum atomic E-state index is -0.966. The van der Waals surface area contributed by atoms with Crippen LogP contribution in [0.25, 0.3) is 0 Å². The van der Waals surface area contributed by atoms with Crippen molar-refractivity contribution in [1.82, 2.24) is 5.32 Å². The Morgan fingerprint density at radius 2 is 2.00 bits per heavy atom. The van der Waals surface area contributed by atoms with Crippen molar-refractivity contribution in [3.63, 3.8) is 0 Å². The molecule has 0 aliphatic carbocycles. The Balaban J connectivity index is 2.61. The number of hydrogen-bond acceptors (Lipinski definition) is 3. The molecular weight excluding hydrogens is 239 g/mol. The smallest absolute Gasteiger partial charge is 0.313 e. The summed E-state index contributed by atoms with van der Waals surface area (Å²) < 4.78 is 13.2. The molecule has 0 heterocycles. The molecule has 1 aromatic carbocycles. The van der Waals surface area contributed by atoms with Crippen LogP contribution in [-0.2, 0) is 9.59 Å². The van der Waals surface area contributed by atoms with Crippen molar-refractivity contribution < 1.29 is 19.1 Å². The third-order valence-corrected chi connectivity index (χ3v) is 2.38. The van der Waals surface area contributed by atoms with Gasteiger partial charge >= 0.3 is 11.8 Å². The maximum absolute atomic E-state index is 13.2. The van der Waals surface area contributed by atoms with Gasteiger partial charge in [-0.3, -0.25) is 9.59 Å². The summed E-state index contributed by atoms with van der Waals surface area (Å²) in [5, 5.41) is 13.4. The molecule has 5 nitrogen and oxygen atoms in total. The van der Waals surface area contributed by atoms with E-state index < -0.39 is 23.7 Å². The predicted octanol–water partition coefficient (Wildman–Crippen LogP) is 0.651. The number of anilines is 1. The Kier molecular flexibility index (Phi) is 5.26. The predicted molar refractivity (Wildman–Crippen MR) is 64.3 cm³/mol. The molecule has 0 aliphatic rings. The minimum absolute atomic E-state index is 0.0605. The number of benzene rings is 1. The maximum atomic E-state index is 13.2. The van der Waals surface area contributed by atoms with E-state index in [1.165, 1.54) is 18.2 Å². The van der Waals surface area contributed by atoms with Crippen LogP contribution in [0, 0.1) is 5.82 Å². The van der Waals surface area contributed by atoms with Crippen molar-refractivity contribution in [2.45, 2.75) is 19.4 Å². The zero-order chi connectivity index (χ0) is 13.5. The monoisotopic (exact) mass is 254 g/mol. The SMILES string of the molecule is CCC(CO)NC(=O)C(=O)Nc1ccccc1F. The third-order valence-electron chi connectivity index (χ3n) is 2.38. The van der Waals surface area contributed by atoms with Gasteiger partial charge in [-0.1, -0.05) is 19.1 Å². The topological polar surface area (TPSA) is 78.4 Å². The van der Waals surface area contributed by atoms with Gasteiger partial charge in [-0.25, -0.2) is 4.39 Å². The fourth-order valence-corrected chi connectivity index (χ4v) is 1.27. The van der Waals surface area contributed by atoms with Crippen molar-refractivity contribution in [3.8, 4) is 0 Å². The lowest BCUT2D eigenvalue weighted by Gasteiger charge is -2.13. The van der Waals surface area contributed by atoms with E-state index >= 15 is 0 Å². The van der Waals surface area contributed by atoms with Gasteiger partial charge in [-0.05, 0) is 18.6 Å². The summed E-state index contributed by atoms with van der Waals surface area (Å²) in [6, 6.07) is 5.06. The Bertz CT molecular complexity index is 433. The second-order valence-electron chi connectivity index (χ2n) is 3.70. The largest absolute Gasteiger partial charge is 0.394 e. The number of carbonyl (C=O) groups is 2. The minimum Gasteiger partial charge on any atom is -0.394 e. The number of amides is 2. The highest BCUT2D eigenvalue weighted by molar-refractivity contribution is 6.39. The van der Waals surface area contributed by atoms with Crippen LogP contribution in [0.2, 0.25) is 0 Å². The Hall–Kier alpha value is -1.95. The first-order valence-electron chi connectivity index (χ1n) is 5.55. The van der Waals surface area contributed by atoms with Crippen LogP contribution in [0.15, 0.2) is 24.3 Å². The molecular formula is C12H15FN2O3. The lowest BCUT2D eigenvalue weighted by Crippen LogP contribution is -2.43. The fraction of sp³-hybridized carbons (Fsp3) is 0.333. The standard InChI is InChI=1S/C12H15FN2O3/c1-2-8(7-16)14-11(17)12(18)15-10-6-4-3-5-9(10)13/h3-6,8,16H,2,7H2,1H3,(H,14,17)(H,15,18). The van der Waals surface area contributed by atoms with E-state index in [0.29, 0.717) is 6.42 Å². The molecule has 0 bridgehead atoms. The summed E-state index contributed by atoms with van der Waals surface area (Å²) in [5.74, 6) is -2.49. The number of aliphatic hydroxyl groups is 1. The summed E-state index contributed by atoms with van der Waals surface area (Å²) in [5.41, 5.74) is -0.0605. The van der Waals surface area contributed by atoms with Crippen LogP contribution in [-0.4, -0.2) is 29.6 Å². The molecule has 1 atom stereocenters. The molecule has 18 heavy (non-hydrogen) atoms. The molecule has 3 N–H and O–H groups in total. The van der Waals surface area contributed by atoms with E-state index in [4.69, 9.17) is 5.11 Å². The first-order chi connectivity index (χ1) is 8.58. The van der Waals surface area contributed by atoms with Crippen LogP contribution in [0.3, 0.4) is 0 Å². The first-order valence-corrected chi connectivity index (χ1v) is 5.55. The normalized spacial score (nSPS) is 11.7. The van der Waals surface area contributed by atoms with Crippen LogP contribution in [0.1, 0.15) is 13.3 Å². The van der Waals surface area contributed by atoms with Crippen molar-refractivity contribution in [2.75, 3.05) is 11.9 Å². The van der Waals surface area contributed by atoms with E-state index in [1.807, 2.05) is 0 Å². The van der Waals surface area contributed by atoms with Gasteiger partial charge in [-0.15, -0.1) is 0 Å². The summed E-state index contributed by atoms with van der Waals surface area (Å²) in [6.45, 7) is 1.51. The number of carbonyl (C=O) groups excluding carboxylic acids is 2. The Morgan fingerprint density at radius 3 is 2.56 bits per heavy atom. The molecule has 98 valence electrons. The van der Waals surface area contributed by atoms with Gasteiger partial charge in [0.05, 0.1) is 18.3 Å². The van der Waals surface area contributed by atoms with Crippen molar-refractivity contribution in [1.29, 1.82) is 0 Å². The lowest BCUT2D eigenvalue weighted by molar-refractivity contribution is -0.136. The lowest BCUT2D eigenvalue weighted by atomic mass is 10.2. The van der Waals surface area contributed by atoms with Gasteiger partial charge in [-0.2, -0.15) is 0 Å². The summed E-state index contributed by atoms with van der Waals surface area (Å²) >= 11 is 0. The molecule has 1 unspecified atom stereocenters. The Labute approximate surface area is 104 Å². The second-order valence-corrected chi connectivity index (χ2v) is 3.70. The molecule has 6 heteroatoms. The molecule has 0 aliphatic heterocycles. The van der Waals surface area contributed by atoms with Gasteiger partial charge in [0.2, 0.25) is 0 Å². The van der Waals surface area contributed by atoms with Crippen molar-refractivity contribution in [3.05, 3.63) is 30.1 Å². The van der Waals surface area contributed by atoms with Gasteiger partial charge < -0.3 is 15.7 Å². The maximum Gasteiger partial charge on any atom is 0.313 e. The van der Waals surface area contributed by atoms with Gasteiger partial charge in [0.1, 0.15) is 5.82 Å². The highest BCUT2D eigenvalue weighted by atomic mass is 19.1. The number of nitrogens with one attached hydrogen (secondary N) is 2. The van der Waals surface area contributed by atoms with Crippen LogP contribution < -0.4 is 10.6 Å². The first kappa shape index (κ1) is 14.1. The zero-order valence-corrected chi connectivity index (χ0v) is 9.94. The summed E-state index contributed by atoms with van der Waals surface area (Å²) in [6.07, 6.45) is 0.495. The van der Waals surface area contributed by atoms with E-state index in [2.05, 4.69) is 10.6 Å². The molecule has 0 saturated carbocycles. The van der Waals surface area contributed by atoms with E-state index in [9.17, 15) is 14.0 Å². The number of rotatable bonds is 4. The van der Waals surface area contributed by atoms with Crippen LogP contribution in [0.4, 0.5) is 10.1 Å². The van der Waals surface area contributed by atoms with Crippen molar-refractivity contribution >= 4 is 17.5 Å². The van der Waals surface area contributed by atoms with Crippen molar-refractivity contribution in [2.24, 2.45) is 0 Å². The molecule has 0 spiro atoms. The van der Waals surface area contributed by atoms with Gasteiger partial charge in [0.25, 0.3) is 0 Å². The molecule has 0 saturated heterocycles. The fourth-order valence-electron chi connectivity index (χ4n) is 1.27. The molecule has 0 fully saturated rings. The quantitative estimate of drug-likeness (QED) is 0.690. The molecule has 1 aromatic rings. The van der Waals surface area contributed by atoms with E-state index in [-0.39, 0.29) is 12.3 Å². The van der Waals surface area contributed by atoms with Gasteiger partial charge in [0.15, 0.2) is 0 Å².